The average molecular weight is 319 g/mol. The zero-order valence-electron chi connectivity index (χ0n) is 13.8. The summed E-state index contributed by atoms with van der Waals surface area (Å²) < 4.78 is 5.13. The quantitative estimate of drug-likeness (QED) is 0.422. The van der Waals surface area contributed by atoms with Crippen LogP contribution in [0.5, 0.6) is 5.75 Å². The Labute approximate surface area is 142 Å². The van der Waals surface area contributed by atoms with Crippen LogP contribution in [-0.2, 0) is 17.8 Å². The van der Waals surface area contributed by atoms with Crippen LogP contribution in [0.3, 0.4) is 0 Å². The maximum absolute atomic E-state index is 11.0. The second-order valence-electron chi connectivity index (χ2n) is 5.85. The summed E-state index contributed by atoms with van der Waals surface area (Å²) in [7, 11) is 0. The molecule has 3 nitrogen and oxygen atoms in total. The highest BCUT2D eigenvalue weighted by Crippen LogP contribution is 2.22. The molecule has 0 fully saturated rings. The van der Waals surface area contributed by atoms with Gasteiger partial charge in [0.15, 0.2) is 0 Å². The zero-order valence-corrected chi connectivity index (χ0v) is 13.8. The molecule has 0 unspecified atom stereocenters. The lowest BCUT2D eigenvalue weighted by Gasteiger charge is -2.07. The Hall–Kier alpha value is -2.65. The first-order chi connectivity index (χ1) is 11.7. The molecule has 0 bridgehead atoms. The highest BCUT2D eigenvalue weighted by Gasteiger charge is 2.02. The van der Waals surface area contributed by atoms with Crippen molar-refractivity contribution in [2.24, 2.45) is 0 Å². The van der Waals surface area contributed by atoms with Crippen LogP contribution in [0.1, 0.15) is 18.1 Å². The maximum atomic E-state index is 11.0. The first-order valence-electron chi connectivity index (χ1n) is 8.16. The molecule has 122 valence electrons. The second-order valence-corrected chi connectivity index (χ2v) is 5.85. The number of ether oxygens (including phenoxy) is 1. The third-order valence-electron chi connectivity index (χ3n) is 3.90. The number of benzene rings is 3. The number of carbonyl (C=O) groups excluding carboxylic acids is 1. The fourth-order valence-corrected chi connectivity index (χ4v) is 2.72. The molecule has 0 amide bonds. The topological polar surface area (TPSA) is 38.3 Å². The monoisotopic (exact) mass is 319 g/mol. The Morgan fingerprint density at radius 3 is 2.46 bits per heavy atom. The summed E-state index contributed by atoms with van der Waals surface area (Å²) in [5.74, 6) is 0.294. The Morgan fingerprint density at radius 1 is 0.917 bits per heavy atom. The summed E-state index contributed by atoms with van der Waals surface area (Å²) in [5.41, 5.74) is 2.59. The van der Waals surface area contributed by atoms with Crippen molar-refractivity contribution in [3.05, 3.63) is 77.9 Å². The van der Waals surface area contributed by atoms with Crippen LogP contribution in [0, 0.1) is 0 Å². The van der Waals surface area contributed by atoms with Crippen molar-refractivity contribution in [2.45, 2.75) is 19.9 Å². The molecule has 3 rings (SSSR count). The van der Waals surface area contributed by atoms with Gasteiger partial charge in [-0.05, 0) is 47.0 Å². The van der Waals surface area contributed by atoms with Gasteiger partial charge in [-0.3, -0.25) is 4.79 Å². The zero-order chi connectivity index (χ0) is 16.8. The van der Waals surface area contributed by atoms with E-state index in [9.17, 15) is 4.79 Å². The minimum Gasteiger partial charge on any atom is -0.427 e. The summed E-state index contributed by atoms with van der Waals surface area (Å²) in [6, 6.07) is 22.5. The van der Waals surface area contributed by atoms with Gasteiger partial charge in [0.25, 0.3) is 0 Å². The van der Waals surface area contributed by atoms with Gasteiger partial charge in [-0.25, -0.2) is 0 Å². The molecule has 0 heterocycles. The van der Waals surface area contributed by atoms with Gasteiger partial charge in [0.05, 0.1) is 0 Å². The number of esters is 1. The summed E-state index contributed by atoms with van der Waals surface area (Å²) in [6.45, 7) is 3.24. The summed E-state index contributed by atoms with van der Waals surface area (Å²) >= 11 is 0. The van der Waals surface area contributed by atoms with Crippen LogP contribution in [0.4, 0.5) is 0 Å². The van der Waals surface area contributed by atoms with Crippen molar-refractivity contribution in [1.82, 2.24) is 5.32 Å². The molecule has 0 aliphatic carbocycles. The number of nitrogens with one attached hydrogen (secondary N) is 1. The molecule has 0 spiro atoms. The summed E-state index contributed by atoms with van der Waals surface area (Å²) in [5, 5.41) is 5.71. The Balaban J connectivity index is 1.58. The van der Waals surface area contributed by atoms with Crippen molar-refractivity contribution in [3.8, 4) is 5.75 Å². The van der Waals surface area contributed by atoms with Gasteiger partial charge in [0.1, 0.15) is 5.75 Å². The lowest BCUT2D eigenvalue weighted by Crippen LogP contribution is -2.16. The molecule has 0 radical (unpaired) electrons. The van der Waals surface area contributed by atoms with E-state index in [1.54, 1.807) is 0 Å². The van der Waals surface area contributed by atoms with Gasteiger partial charge in [-0.15, -0.1) is 0 Å². The van der Waals surface area contributed by atoms with Crippen molar-refractivity contribution >= 4 is 16.7 Å². The molecule has 3 aromatic carbocycles. The molecule has 1 N–H and O–H groups in total. The second kappa shape index (κ2) is 7.75. The highest BCUT2D eigenvalue weighted by atomic mass is 16.5. The van der Waals surface area contributed by atoms with Crippen molar-refractivity contribution in [2.75, 3.05) is 6.54 Å². The number of hydrogen-bond acceptors (Lipinski definition) is 3. The van der Waals surface area contributed by atoms with Gasteiger partial charge in [-0.1, -0.05) is 54.6 Å². The highest BCUT2D eigenvalue weighted by molar-refractivity contribution is 5.85. The molecule has 0 saturated heterocycles. The molecular formula is C21H21NO2. The minimum absolute atomic E-state index is 0.296. The van der Waals surface area contributed by atoms with E-state index in [1.807, 2.05) is 24.3 Å². The molecule has 0 aromatic heterocycles. The predicted octanol–water partition coefficient (Wildman–Crippen LogP) is 4.10. The van der Waals surface area contributed by atoms with E-state index >= 15 is 0 Å². The van der Waals surface area contributed by atoms with Crippen LogP contribution in [0.15, 0.2) is 66.7 Å². The van der Waals surface area contributed by atoms with Crippen molar-refractivity contribution < 1.29 is 9.53 Å². The van der Waals surface area contributed by atoms with E-state index in [0.29, 0.717) is 5.75 Å². The normalized spacial score (nSPS) is 10.7. The number of rotatable bonds is 6. The standard InChI is InChI=1S/C21H21NO2/c1-16(23)24-21-10-9-19-13-17(7-8-20(19)14-21)11-12-22-15-18-5-3-2-4-6-18/h2-10,13-14,22H,11-12,15H2,1H3. The summed E-state index contributed by atoms with van der Waals surface area (Å²) in [6.07, 6.45) is 0.981. The van der Waals surface area contributed by atoms with Gasteiger partial charge >= 0.3 is 5.97 Å². The number of carbonyl (C=O) groups is 1. The third-order valence-corrected chi connectivity index (χ3v) is 3.90. The first-order valence-corrected chi connectivity index (χ1v) is 8.16. The smallest absolute Gasteiger partial charge is 0.308 e. The van der Waals surface area contributed by atoms with Crippen LogP contribution >= 0.6 is 0 Å². The summed E-state index contributed by atoms with van der Waals surface area (Å²) in [4.78, 5) is 11.0. The van der Waals surface area contributed by atoms with E-state index in [4.69, 9.17) is 4.74 Å². The van der Waals surface area contributed by atoms with E-state index in [2.05, 4.69) is 47.8 Å². The van der Waals surface area contributed by atoms with Gasteiger partial charge < -0.3 is 10.1 Å². The predicted molar refractivity (Wildman–Crippen MR) is 97.1 cm³/mol. The van der Waals surface area contributed by atoms with E-state index in [1.165, 1.54) is 18.1 Å². The fourth-order valence-electron chi connectivity index (χ4n) is 2.72. The minimum atomic E-state index is -0.296. The largest absolute Gasteiger partial charge is 0.427 e. The Kier molecular flexibility index (Phi) is 5.24. The molecule has 3 heteroatoms. The molecule has 0 saturated carbocycles. The molecule has 0 aliphatic heterocycles. The van der Waals surface area contributed by atoms with Crippen molar-refractivity contribution in [1.29, 1.82) is 0 Å². The van der Waals surface area contributed by atoms with Crippen LogP contribution < -0.4 is 10.1 Å². The Bertz CT molecular complexity index is 828. The molecule has 3 aromatic rings. The lowest BCUT2D eigenvalue weighted by molar-refractivity contribution is -0.131. The first kappa shape index (κ1) is 16.2. The van der Waals surface area contributed by atoms with Crippen LogP contribution in [0.2, 0.25) is 0 Å². The third kappa shape index (κ3) is 4.43. The van der Waals surface area contributed by atoms with Gasteiger partial charge in [0, 0.05) is 13.5 Å². The molecular weight excluding hydrogens is 298 g/mol. The molecule has 24 heavy (non-hydrogen) atoms. The van der Waals surface area contributed by atoms with E-state index in [0.717, 1.165) is 30.3 Å². The van der Waals surface area contributed by atoms with Crippen molar-refractivity contribution in [3.63, 3.8) is 0 Å². The number of hydrogen-bond donors (Lipinski definition) is 1. The fraction of sp³-hybridized carbons (Fsp3) is 0.190. The number of fused-ring (bicyclic) bond motifs is 1. The Morgan fingerprint density at radius 2 is 1.67 bits per heavy atom. The van der Waals surface area contributed by atoms with Gasteiger partial charge in [0.2, 0.25) is 0 Å². The maximum Gasteiger partial charge on any atom is 0.308 e. The van der Waals surface area contributed by atoms with Gasteiger partial charge in [-0.2, -0.15) is 0 Å². The van der Waals surface area contributed by atoms with E-state index in [-0.39, 0.29) is 5.97 Å². The molecule has 0 aliphatic rings. The van der Waals surface area contributed by atoms with Crippen LogP contribution in [-0.4, -0.2) is 12.5 Å². The lowest BCUT2D eigenvalue weighted by atomic mass is 10.0. The molecule has 0 atom stereocenters. The van der Waals surface area contributed by atoms with Crippen LogP contribution in [0.25, 0.3) is 10.8 Å². The SMILES string of the molecule is CC(=O)Oc1ccc2cc(CCNCc3ccccc3)ccc2c1. The average Bonchev–Trinajstić information content (AvgIpc) is 2.59. The van der Waals surface area contributed by atoms with E-state index < -0.39 is 0 Å².